The molecule has 31 heavy (non-hydrogen) atoms. The molecule has 0 saturated heterocycles. The molecule has 0 spiro atoms. The van der Waals surface area contributed by atoms with Crippen LogP contribution in [0.5, 0.6) is 0 Å². The van der Waals surface area contributed by atoms with Gasteiger partial charge in [-0.1, -0.05) is 31.2 Å². The van der Waals surface area contributed by atoms with Gasteiger partial charge in [-0.2, -0.15) is 0 Å². The fourth-order valence-corrected chi connectivity index (χ4v) is 3.16. The number of para-hydroxylation sites is 1. The predicted molar refractivity (Wildman–Crippen MR) is 117 cm³/mol. The molecule has 2 aromatic heterocycles. The Hall–Kier alpha value is -4.01. The Balaban J connectivity index is 1.76. The van der Waals surface area contributed by atoms with E-state index in [0.717, 1.165) is 20.0 Å². The van der Waals surface area contributed by atoms with Crippen molar-refractivity contribution in [3.63, 3.8) is 0 Å². The minimum atomic E-state index is -0.826. The van der Waals surface area contributed by atoms with Crippen molar-refractivity contribution in [1.82, 2.24) is 14.1 Å². The normalized spacial score (nSPS) is 11.2. The van der Waals surface area contributed by atoms with Crippen LogP contribution in [0.4, 0.5) is 5.82 Å². The van der Waals surface area contributed by atoms with Crippen LogP contribution in [0.25, 0.3) is 17.0 Å². The highest BCUT2D eigenvalue weighted by atomic mass is 16.5. The molecule has 0 amide bonds. The Morgan fingerprint density at radius 3 is 2.68 bits per heavy atom. The second-order valence-electron chi connectivity index (χ2n) is 6.85. The van der Waals surface area contributed by atoms with Crippen LogP contribution in [-0.2, 0) is 23.1 Å². The lowest BCUT2D eigenvalue weighted by molar-refractivity contribution is -0.136. The zero-order chi connectivity index (χ0) is 22.5. The molecule has 0 aliphatic carbocycles. The van der Waals surface area contributed by atoms with Gasteiger partial charge in [0, 0.05) is 36.8 Å². The number of ketones is 1. The van der Waals surface area contributed by atoms with Crippen LogP contribution in [0.15, 0.2) is 52.2 Å². The maximum absolute atomic E-state index is 12.5. The number of fused-ring (bicyclic) bond motifs is 1. The fraction of sp³-hybridized carbons (Fsp3) is 0.227. The van der Waals surface area contributed by atoms with E-state index >= 15 is 0 Å². The highest BCUT2D eigenvalue weighted by Gasteiger charge is 2.22. The van der Waals surface area contributed by atoms with Gasteiger partial charge in [0.05, 0.1) is 5.52 Å². The molecule has 1 aromatic carbocycles. The summed E-state index contributed by atoms with van der Waals surface area (Å²) in [7, 11) is 1.26. The number of aromatic nitrogens is 3. The zero-order valence-electron chi connectivity index (χ0n) is 17.2. The van der Waals surface area contributed by atoms with E-state index < -0.39 is 29.6 Å². The minimum Gasteiger partial charge on any atom is -0.454 e. The lowest BCUT2D eigenvalue weighted by Crippen LogP contribution is -2.43. The van der Waals surface area contributed by atoms with Crippen LogP contribution in [-0.4, -0.2) is 32.5 Å². The minimum absolute atomic E-state index is 0.228. The number of esters is 1. The van der Waals surface area contributed by atoms with Crippen LogP contribution in [0, 0.1) is 0 Å². The molecule has 9 heteroatoms. The molecular weight excluding hydrogens is 400 g/mol. The topological polar surface area (TPSA) is 126 Å². The van der Waals surface area contributed by atoms with Crippen LogP contribution in [0.3, 0.4) is 0 Å². The largest absolute Gasteiger partial charge is 0.454 e. The standard InChI is InChI=1S/C22H22N4O5/c1-3-12-26-20(23)18(21(29)25(2)22(26)30)16(27)13-31-17(28)10-9-15-7-4-6-14-8-5-11-24-19(14)15/h4-11H,3,12-13,23H2,1-2H3/b10-9+. The summed E-state index contributed by atoms with van der Waals surface area (Å²) in [6.45, 7) is 1.40. The van der Waals surface area contributed by atoms with Gasteiger partial charge in [0.15, 0.2) is 6.61 Å². The number of rotatable bonds is 7. The first-order chi connectivity index (χ1) is 14.8. The Morgan fingerprint density at radius 2 is 1.94 bits per heavy atom. The molecule has 0 fully saturated rings. The summed E-state index contributed by atoms with van der Waals surface area (Å²) in [6.07, 6.45) is 4.95. The van der Waals surface area contributed by atoms with Crippen molar-refractivity contribution in [2.24, 2.45) is 7.05 Å². The lowest BCUT2D eigenvalue weighted by Gasteiger charge is -2.13. The third kappa shape index (κ3) is 4.45. The second kappa shape index (κ2) is 9.21. The quantitative estimate of drug-likeness (QED) is 0.347. The number of pyridine rings is 1. The maximum atomic E-state index is 12.5. The molecule has 2 N–H and O–H groups in total. The van der Waals surface area contributed by atoms with Gasteiger partial charge >= 0.3 is 11.7 Å². The van der Waals surface area contributed by atoms with Gasteiger partial charge in [-0.15, -0.1) is 0 Å². The van der Waals surface area contributed by atoms with Crippen molar-refractivity contribution in [2.75, 3.05) is 12.3 Å². The van der Waals surface area contributed by atoms with Crippen LogP contribution < -0.4 is 17.0 Å². The Bertz CT molecular complexity index is 1300. The number of ether oxygens (including phenoxy) is 1. The highest BCUT2D eigenvalue weighted by Crippen LogP contribution is 2.17. The van der Waals surface area contributed by atoms with Gasteiger partial charge in [0.25, 0.3) is 5.56 Å². The van der Waals surface area contributed by atoms with Gasteiger partial charge in [0.1, 0.15) is 11.4 Å². The molecule has 0 bridgehead atoms. The first-order valence-corrected chi connectivity index (χ1v) is 9.66. The average molecular weight is 422 g/mol. The van der Waals surface area contributed by atoms with E-state index in [1.165, 1.54) is 19.2 Å². The number of benzene rings is 1. The molecule has 9 nitrogen and oxygen atoms in total. The average Bonchev–Trinajstić information content (AvgIpc) is 2.77. The number of nitrogen functional groups attached to an aromatic ring is 1. The summed E-state index contributed by atoms with van der Waals surface area (Å²) < 4.78 is 6.96. The third-order valence-electron chi connectivity index (χ3n) is 4.72. The molecule has 0 saturated carbocycles. The van der Waals surface area contributed by atoms with E-state index in [1.807, 2.05) is 31.2 Å². The highest BCUT2D eigenvalue weighted by molar-refractivity contribution is 6.02. The van der Waals surface area contributed by atoms with Gasteiger partial charge in [-0.05, 0) is 18.6 Å². The summed E-state index contributed by atoms with van der Waals surface area (Å²) in [5.41, 5.74) is 5.54. The number of carbonyl (C=O) groups excluding carboxylic acids is 2. The van der Waals surface area contributed by atoms with E-state index in [1.54, 1.807) is 12.3 Å². The molecule has 3 aromatic rings. The maximum Gasteiger partial charge on any atom is 0.332 e. The molecule has 0 aliphatic heterocycles. The van der Waals surface area contributed by atoms with E-state index in [2.05, 4.69) is 4.98 Å². The molecule has 0 aliphatic rings. The van der Waals surface area contributed by atoms with Crippen molar-refractivity contribution in [2.45, 2.75) is 19.9 Å². The summed E-state index contributed by atoms with van der Waals surface area (Å²) in [5, 5.41) is 0.918. The van der Waals surface area contributed by atoms with E-state index in [0.29, 0.717) is 12.0 Å². The number of hydrogen-bond donors (Lipinski definition) is 1. The van der Waals surface area contributed by atoms with Crippen LogP contribution in [0.2, 0.25) is 0 Å². The van der Waals surface area contributed by atoms with Gasteiger partial charge in [0.2, 0.25) is 5.78 Å². The Kier molecular flexibility index (Phi) is 6.44. The number of Topliss-reactive ketones (excluding diaryl/α,β-unsaturated/α-hetero) is 1. The van der Waals surface area contributed by atoms with Gasteiger partial charge in [-0.25, -0.2) is 9.59 Å². The Labute approximate surface area is 177 Å². The SMILES string of the molecule is CCCn1c(N)c(C(=O)COC(=O)/C=C/c2cccc3cccnc23)c(=O)n(C)c1=O. The number of carbonyl (C=O) groups is 2. The zero-order valence-corrected chi connectivity index (χ0v) is 17.2. The third-order valence-corrected chi connectivity index (χ3v) is 4.72. The first-order valence-electron chi connectivity index (χ1n) is 9.66. The van der Waals surface area contributed by atoms with Crippen molar-refractivity contribution >= 4 is 34.5 Å². The van der Waals surface area contributed by atoms with E-state index in [4.69, 9.17) is 10.5 Å². The first kappa shape index (κ1) is 21.7. The van der Waals surface area contributed by atoms with Crippen molar-refractivity contribution in [1.29, 1.82) is 0 Å². The number of nitrogens with zero attached hydrogens (tertiary/aromatic N) is 3. The van der Waals surface area contributed by atoms with E-state index in [9.17, 15) is 19.2 Å². The van der Waals surface area contributed by atoms with Crippen LogP contribution in [0.1, 0.15) is 29.3 Å². The fourth-order valence-electron chi connectivity index (χ4n) is 3.16. The second-order valence-corrected chi connectivity index (χ2v) is 6.85. The number of hydrogen-bond acceptors (Lipinski definition) is 7. The summed E-state index contributed by atoms with van der Waals surface area (Å²) in [6, 6.07) is 9.25. The van der Waals surface area contributed by atoms with Crippen molar-refractivity contribution in [3.8, 4) is 0 Å². The lowest BCUT2D eigenvalue weighted by atomic mass is 10.1. The molecule has 3 rings (SSSR count). The smallest absolute Gasteiger partial charge is 0.332 e. The Morgan fingerprint density at radius 1 is 1.19 bits per heavy atom. The summed E-state index contributed by atoms with van der Waals surface area (Å²) in [5.74, 6) is -1.77. The molecule has 2 heterocycles. The van der Waals surface area contributed by atoms with Crippen molar-refractivity contribution < 1.29 is 14.3 Å². The molecular formula is C22H22N4O5. The van der Waals surface area contributed by atoms with Gasteiger partial charge < -0.3 is 10.5 Å². The summed E-state index contributed by atoms with van der Waals surface area (Å²) in [4.78, 5) is 53.5. The van der Waals surface area contributed by atoms with Crippen LogP contribution >= 0.6 is 0 Å². The molecule has 160 valence electrons. The predicted octanol–water partition coefficient (Wildman–Crippen LogP) is 1.53. The molecule has 0 unspecified atom stereocenters. The summed E-state index contributed by atoms with van der Waals surface area (Å²) >= 11 is 0. The number of anilines is 1. The number of nitrogens with two attached hydrogens (primary N) is 1. The van der Waals surface area contributed by atoms with Gasteiger partial charge in [-0.3, -0.25) is 23.7 Å². The van der Waals surface area contributed by atoms with E-state index in [-0.39, 0.29) is 17.9 Å². The monoisotopic (exact) mass is 422 g/mol. The molecule has 0 atom stereocenters. The van der Waals surface area contributed by atoms with Crippen molar-refractivity contribution in [3.05, 3.63) is 74.6 Å². The molecule has 0 radical (unpaired) electrons.